The van der Waals surface area contributed by atoms with Gasteiger partial charge < -0.3 is 15.2 Å². The molecule has 0 aliphatic heterocycles. The molecule has 3 fully saturated rings. The Morgan fingerprint density at radius 2 is 1.79 bits per heavy atom. The van der Waals surface area contributed by atoms with Gasteiger partial charge in [-0.2, -0.15) is 0 Å². The molecular weight excluding hydrogens is 490 g/mol. The Hall–Kier alpha value is -1.85. The first-order valence-corrected chi connectivity index (χ1v) is 15.8. The fraction of sp³-hybridized carbons (Fsp3) is 0.848. The smallest absolute Gasteiger partial charge is 0.325 e. The van der Waals surface area contributed by atoms with Crippen LogP contribution >= 0.6 is 0 Å². The number of carbonyl (C=O) groups is 3. The monoisotopic (exact) mass is 543 g/mol. The van der Waals surface area contributed by atoms with Gasteiger partial charge in [-0.3, -0.25) is 14.4 Å². The molecule has 3 saturated carbocycles. The van der Waals surface area contributed by atoms with Crippen LogP contribution in [0.2, 0.25) is 0 Å². The molecule has 0 bridgehead atoms. The quantitative estimate of drug-likeness (QED) is 0.218. The number of nitrogens with one attached hydrogen (secondary N) is 1. The largest absolute Gasteiger partial charge is 0.481 e. The number of ether oxygens (including phenoxy) is 1. The molecule has 39 heavy (non-hydrogen) atoms. The van der Waals surface area contributed by atoms with Crippen molar-refractivity contribution < 1.29 is 24.2 Å². The first-order chi connectivity index (χ1) is 18.4. The van der Waals surface area contributed by atoms with E-state index < -0.39 is 17.8 Å². The van der Waals surface area contributed by atoms with Gasteiger partial charge >= 0.3 is 11.9 Å². The summed E-state index contributed by atoms with van der Waals surface area (Å²) in [6.45, 7) is 12.1. The van der Waals surface area contributed by atoms with Crippen LogP contribution in [0.4, 0.5) is 0 Å². The third kappa shape index (κ3) is 6.56. The summed E-state index contributed by atoms with van der Waals surface area (Å²) in [6.07, 6.45) is 15.5. The van der Waals surface area contributed by atoms with Crippen LogP contribution in [-0.2, 0) is 19.1 Å². The number of amides is 1. The van der Waals surface area contributed by atoms with Gasteiger partial charge in [-0.15, -0.1) is 0 Å². The molecular formula is C33H53NO5. The zero-order valence-corrected chi connectivity index (χ0v) is 25.1. The molecule has 0 radical (unpaired) electrons. The van der Waals surface area contributed by atoms with Crippen molar-refractivity contribution in [3.8, 4) is 0 Å². The van der Waals surface area contributed by atoms with Gasteiger partial charge in [0, 0.05) is 12.8 Å². The van der Waals surface area contributed by atoms with Gasteiger partial charge in [0.25, 0.3) is 0 Å². The molecule has 6 heteroatoms. The highest BCUT2D eigenvalue weighted by molar-refractivity contribution is 5.84. The van der Waals surface area contributed by atoms with Gasteiger partial charge in [-0.25, -0.2) is 0 Å². The average Bonchev–Trinajstić information content (AvgIpc) is 3.23. The van der Waals surface area contributed by atoms with E-state index in [0.717, 1.165) is 54.8 Å². The Bertz CT molecular complexity index is 942. The van der Waals surface area contributed by atoms with Crippen molar-refractivity contribution in [2.75, 3.05) is 6.54 Å². The Morgan fingerprint density at radius 1 is 1.03 bits per heavy atom. The highest BCUT2D eigenvalue weighted by Gasteiger charge is 2.59. The van der Waals surface area contributed by atoms with Crippen LogP contribution in [0, 0.1) is 46.3 Å². The van der Waals surface area contributed by atoms with Crippen molar-refractivity contribution in [1.82, 2.24) is 5.32 Å². The Kier molecular flexibility index (Phi) is 9.53. The number of carboxylic acid groups (broad SMARTS) is 1. The normalized spacial score (nSPS) is 36.3. The molecule has 0 saturated heterocycles. The summed E-state index contributed by atoms with van der Waals surface area (Å²) < 4.78 is 5.76. The predicted octanol–water partition coefficient (Wildman–Crippen LogP) is 6.92. The third-order valence-corrected chi connectivity index (χ3v) is 11.6. The van der Waals surface area contributed by atoms with Gasteiger partial charge in [0.1, 0.15) is 12.6 Å². The van der Waals surface area contributed by atoms with Crippen molar-refractivity contribution >= 4 is 17.8 Å². The van der Waals surface area contributed by atoms with E-state index in [9.17, 15) is 14.4 Å². The second-order valence-electron chi connectivity index (χ2n) is 14.3. The molecule has 0 aromatic heterocycles. The molecule has 2 N–H and O–H groups in total. The molecule has 4 aliphatic carbocycles. The zero-order chi connectivity index (χ0) is 28.4. The van der Waals surface area contributed by atoms with Crippen LogP contribution in [0.5, 0.6) is 0 Å². The third-order valence-electron chi connectivity index (χ3n) is 11.6. The molecule has 4 aliphatic rings. The summed E-state index contributed by atoms with van der Waals surface area (Å²) in [4.78, 5) is 34.8. The number of rotatable bonds is 11. The minimum absolute atomic E-state index is 0.127. The lowest BCUT2D eigenvalue weighted by Gasteiger charge is -2.58. The van der Waals surface area contributed by atoms with E-state index in [4.69, 9.17) is 9.84 Å². The first kappa shape index (κ1) is 30.1. The number of hydrogen-bond donors (Lipinski definition) is 2. The number of carboxylic acids is 1. The fourth-order valence-corrected chi connectivity index (χ4v) is 9.46. The number of aliphatic carboxylic acids is 1. The second-order valence-corrected chi connectivity index (χ2v) is 14.3. The van der Waals surface area contributed by atoms with E-state index in [1.54, 1.807) is 0 Å². The van der Waals surface area contributed by atoms with E-state index >= 15 is 0 Å². The lowest BCUT2D eigenvalue weighted by molar-refractivity contribution is -0.151. The molecule has 6 nitrogen and oxygen atoms in total. The van der Waals surface area contributed by atoms with Crippen LogP contribution in [0.25, 0.3) is 0 Å². The number of esters is 1. The fourth-order valence-electron chi connectivity index (χ4n) is 9.46. The number of carbonyl (C=O) groups excluding carboxylic acids is 2. The Morgan fingerprint density at radius 3 is 2.51 bits per heavy atom. The summed E-state index contributed by atoms with van der Waals surface area (Å²) in [5.74, 6) is 2.96. The lowest BCUT2D eigenvalue weighted by atomic mass is 9.47. The number of allylic oxidation sites excluding steroid dienone is 1. The van der Waals surface area contributed by atoms with Crippen molar-refractivity contribution in [3.63, 3.8) is 0 Å². The molecule has 0 heterocycles. The van der Waals surface area contributed by atoms with Crippen LogP contribution in [0.3, 0.4) is 0 Å². The Balaban J connectivity index is 1.33. The van der Waals surface area contributed by atoms with Crippen LogP contribution in [0.1, 0.15) is 118 Å². The summed E-state index contributed by atoms with van der Waals surface area (Å²) in [5, 5.41) is 11.2. The maximum atomic E-state index is 12.4. The molecule has 1 amide bonds. The topological polar surface area (TPSA) is 92.7 Å². The van der Waals surface area contributed by atoms with Gasteiger partial charge in [-0.05, 0) is 91.3 Å². The minimum atomic E-state index is -1.03. The zero-order valence-electron chi connectivity index (χ0n) is 25.1. The lowest BCUT2D eigenvalue weighted by Crippen LogP contribution is -2.51. The summed E-state index contributed by atoms with van der Waals surface area (Å²) in [7, 11) is 0. The minimum Gasteiger partial charge on any atom is -0.481 e. The maximum Gasteiger partial charge on any atom is 0.325 e. The predicted molar refractivity (Wildman–Crippen MR) is 153 cm³/mol. The van der Waals surface area contributed by atoms with Crippen LogP contribution in [0.15, 0.2) is 11.6 Å². The van der Waals surface area contributed by atoms with Crippen LogP contribution in [-0.4, -0.2) is 35.6 Å². The van der Waals surface area contributed by atoms with E-state index in [1.807, 2.05) is 0 Å². The number of fused-ring (bicyclic) bond motifs is 5. The molecule has 0 aromatic rings. The van der Waals surface area contributed by atoms with Crippen molar-refractivity contribution in [2.45, 2.75) is 124 Å². The van der Waals surface area contributed by atoms with Gasteiger partial charge in [-0.1, -0.05) is 65.5 Å². The highest BCUT2D eigenvalue weighted by atomic mass is 16.5. The summed E-state index contributed by atoms with van der Waals surface area (Å²) in [5.41, 5.74) is 2.18. The Labute approximate surface area is 236 Å². The van der Waals surface area contributed by atoms with Crippen molar-refractivity contribution in [2.24, 2.45) is 46.3 Å². The maximum absolute atomic E-state index is 12.4. The van der Waals surface area contributed by atoms with E-state index in [-0.39, 0.29) is 30.9 Å². The van der Waals surface area contributed by atoms with Gasteiger partial charge in [0.15, 0.2) is 0 Å². The average molecular weight is 544 g/mol. The second kappa shape index (κ2) is 12.3. The first-order valence-electron chi connectivity index (χ1n) is 15.8. The molecule has 3 unspecified atom stereocenters. The van der Waals surface area contributed by atoms with Gasteiger partial charge in [0.2, 0.25) is 5.91 Å². The van der Waals surface area contributed by atoms with Crippen molar-refractivity contribution in [1.29, 1.82) is 0 Å². The van der Waals surface area contributed by atoms with Crippen LogP contribution < -0.4 is 5.32 Å². The van der Waals surface area contributed by atoms with Crippen molar-refractivity contribution in [3.05, 3.63) is 11.6 Å². The molecule has 0 spiro atoms. The molecule has 8 atom stereocenters. The van der Waals surface area contributed by atoms with E-state index in [1.165, 1.54) is 56.9 Å². The highest BCUT2D eigenvalue weighted by Crippen LogP contribution is 2.67. The molecule has 4 rings (SSSR count). The SMILES string of the molecule is CC(C)CCC[C@@H](C)[C@H]1CCC2C3CC=C4C[C@@H](OC(=O)CNC(=O)CCC(=O)O)CC[C@]4(C)C3CC[C@@]21C. The van der Waals surface area contributed by atoms with E-state index in [2.05, 4.69) is 46.0 Å². The molecule has 0 aromatic carbocycles. The standard InChI is InChI=1S/C33H53NO5/c1-21(2)7-6-8-22(3)26-11-12-27-25-10-9-23-19-24(39-31(38)20-34-29(35)13-14-30(36)37)15-17-32(23,4)28(25)16-18-33(26,27)5/h9,21-22,24-28H,6-8,10-20H2,1-5H3,(H,34,35)(H,36,37)/t22-,24+,25?,26-,27?,28?,32+,33-/m1/s1. The summed E-state index contributed by atoms with van der Waals surface area (Å²) in [6, 6.07) is 0. The molecule has 220 valence electrons. The summed E-state index contributed by atoms with van der Waals surface area (Å²) >= 11 is 0. The van der Waals surface area contributed by atoms with E-state index in [0.29, 0.717) is 5.41 Å². The van der Waals surface area contributed by atoms with Gasteiger partial charge in [0.05, 0.1) is 6.42 Å². The number of hydrogen-bond acceptors (Lipinski definition) is 4.